The molecule has 0 amide bonds. The Morgan fingerprint density at radius 2 is 2.33 bits per heavy atom. The van der Waals surface area contributed by atoms with Gasteiger partial charge >= 0.3 is 0 Å². The lowest BCUT2D eigenvalue weighted by Gasteiger charge is -2.25. The zero-order valence-corrected chi connectivity index (χ0v) is 5.56. The molecule has 2 aliphatic heterocycles. The average molecular weight is 125 g/mol. The van der Waals surface area contributed by atoms with Crippen molar-refractivity contribution in [2.24, 2.45) is 0 Å². The van der Waals surface area contributed by atoms with E-state index in [2.05, 4.69) is 17.2 Å². The van der Waals surface area contributed by atoms with Crippen molar-refractivity contribution in [2.75, 3.05) is 6.54 Å². The van der Waals surface area contributed by atoms with Gasteiger partial charge in [-0.15, -0.1) is 0 Å². The molecule has 2 N–H and O–H groups in total. The van der Waals surface area contributed by atoms with Crippen LogP contribution in [0.25, 0.3) is 0 Å². The van der Waals surface area contributed by atoms with Crippen LogP contribution in [0.5, 0.6) is 0 Å². The van der Waals surface area contributed by atoms with Gasteiger partial charge in [0.2, 0.25) is 0 Å². The molecule has 0 aliphatic carbocycles. The van der Waals surface area contributed by atoms with Gasteiger partial charge in [-0.25, -0.2) is 0 Å². The van der Waals surface area contributed by atoms with Crippen LogP contribution in [0.2, 0.25) is 0 Å². The summed E-state index contributed by atoms with van der Waals surface area (Å²) in [5.41, 5.74) is 0. The molecule has 9 heavy (non-hydrogen) atoms. The summed E-state index contributed by atoms with van der Waals surface area (Å²) in [6.07, 6.45) is 3.90. The molecule has 1 radical (unpaired) electrons. The zero-order valence-electron chi connectivity index (χ0n) is 5.56. The number of piperidine rings is 1. The molecule has 2 atom stereocenters. The summed E-state index contributed by atoms with van der Waals surface area (Å²) in [7, 11) is 0. The maximum absolute atomic E-state index is 3.49. The first kappa shape index (κ1) is 5.69. The fraction of sp³-hybridized carbons (Fsp3) is 0.857. The van der Waals surface area contributed by atoms with E-state index in [9.17, 15) is 0 Å². The summed E-state index contributed by atoms with van der Waals surface area (Å²) in [5.74, 6) is 0. The van der Waals surface area contributed by atoms with Gasteiger partial charge in [-0.3, -0.25) is 0 Å². The lowest BCUT2D eigenvalue weighted by atomic mass is 10.0. The molecule has 2 saturated heterocycles. The molecular formula is C7H13N2. The Balaban J connectivity index is 1.97. The second-order valence-electron chi connectivity index (χ2n) is 2.92. The second-order valence-corrected chi connectivity index (χ2v) is 2.92. The SMILES string of the molecule is [CH]1CC2NCCCC2N1. The molecule has 2 fully saturated rings. The van der Waals surface area contributed by atoms with Crippen molar-refractivity contribution in [3.05, 3.63) is 6.54 Å². The van der Waals surface area contributed by atoms with E-state index >= 15 is 0 Å². The summed E-state index contributed by atoms with van der Waals surface area (Å²) in [5, 5.41) is 6.86. The maximum atomic E-state index is 3.49. The van der Waals surface area contributed by atoms with Gasteiger partial charge in [0, 0.05) is 18.6 Å². The van der Waals surface area contributed by atoms with Gasteiger partial charge in [0.05, 0.1) is 0 Å². The zero-order chi connectivity index (χ0) is 6.10. The highest BCUT2D eigenvalue weighted by Gasteiger charge is 2.28. The third kappa shape index (κ3) is 0.970. The van der Waals surface area contributed by atoms with Crippen molar-refractivity contribution in [1.29, 1.82) is 0 Å². The molecular weight excluding hydrogens is 112 g/mol. The largest absolute Gasteiger partial charge is 0.312 e. The predicted octanol–water partition coefficient (Wildman–Crippen LogP) is 0.262. The molecule has 2 aliphatic rings. The van der Waals surface area contributed by atoms with E-state index in [0.29, 0.717) is 0 Å². The minimum atomic E-state index is 0.749. The van der Waals surface area contributed by atoms with Crippen LogP contribution >= 0.6 is 0 Å². The third-order valence-electron chi connectivity index (χ3n) is 2.29. The highest BCUT2D eigenvalue weighted by atomic mass is 15.1. The van der Waals surface area contributed by atoms with Crippen LogP contribution in [-0.4, -0.2) is 18.6 Å². The average Bonchev–Trinajstić information content (AvgIpc) is 2.33. The summed E-state index contributed by atoms with van der Waals surface area (Å²) >= 11 is 0. The molecule has 2 rings (SSSR count). The van der Waals surface area contributed by atoms with E-state index < -0.39 is 0 Å². The topological polar surface area (TPSA) is 24.1 Å². The third-order valence-corrected chi connectivity index (χ3v) is 2.29. The summed E-state index contributed by atoms with van der Waals surface area (Å²) < 4.78 is 0. The Morgan fingerprint density at radius 3 is 3.22 bits per heavy atom. The molecule has 51 valence electrons. The van der Waals surface area contributed by atoms with Gasteiger partial charge < -0.3 is 10.6 Å². The van der Waals surface area contributed by atoms with E-state index in [1.54, 1.807) is 0 Å². The number of fused-ring (bicyclic) bond motifs is 1. The first-order valence-corrected chi connectivity index (χ1v) is 3.78. The lowest BCUT2D eigenvalue weighted by molar-refractivity contribution is 0.365. The molecule has 2 heteroatoms. The monoisotopic (exact) mass is 125 g/mol. The Bertz CT molecular complexity index is 91.1. The van der Waals surface area contributed by atoms with Crippen LogP contribution < -0.4 is 10.6 Å². The minimum absolute atomic E-state index is 0.749. The van der Waals surface area contributed by atoms with Crippen molar-refractivity contribution >= 4 is 0 Å². The number of hydrogen-bond acceptors (Lipinski definition) is 2. The van der Waals surface area contributed by atoms with E-state index in [1.807, 2.05) is 0 Å². The summed E-state index contributed by atoms with van der Waals surface area (Å²) in [6, 6.07) is 1.50. The molecule has 2 heterocycles. The molecule has 0 spiro atoms. The van der Waals surface area contributed by atoms with E-state index in [1.165, 1.54) is 25.8 Å². The summed E-state index contributed by atoms with van der Waals surface area (Å²) in [4.78, 5) is 0. The maximum Gasteiger partial charge on any atom is 0.0240 e. The fourth-order valence-corrected chi connectivity index (χ4v) is 1.75. The smallest absolute Gasteiger partial charge is 0.0240 e. The molecule has 0 aromatic rings. The van der Waals surface area contributed by atoms with Gasteiger partial charge in [0.1, 0.15) is 0 Å². The van der Waals surface area contributed by atoms with Crippen LogP contribution in [0.4, 0.5) is 0 Å². The van der Waals surface area contributed by atoms with Crippen molar-refractivity contribution in [1.82, 2.24) is 10.6 Å². The molecule has 0 aromatic carbocycles. The molecule has 0 bridgehead atoms. The molecule has 0 saturated carbocycles. The quantitative estimate of drug-likeness (QED) is 0.485. The minimum Gasteiger partial charge on any atom is -0.312 e. The van der Waals surface area contributed by atoms with E-state index in [4.69, 9.17) is 0 Å². The standard InChI is InChI=1S/C7H13N2/c1-2-6-7(8-4-1)3-5-9-6/h5-9H,1-4H2. The van der Waals surface area contributed by atoms with Crippen LogP contribution in [-0.2, 0) is 0 Å². The summed E-state index contributed by atoms with van der Waals surface area (Å²) in [6.45, 7) is 3.41. The fourth-order valence-electron chi connectivity index (χ4n) is 1.75. The van der Waals surface area contributed by atoms with Gasteiger partial charge in [-0.2, -0.15) is 0 Å². The Hall–Kier alpha value is -0.0800. The number of hydrogen-bond donors (Lipinski definition) is 2. The number of nitrogens with one attached hydrogen (secondary N) is 2. The highest BCUT2D eigenvalue weighted by molar-refractivity contribution is 4.96. The Labute approximate surface area is 56.0 Å². The van der Waals surface area contributed by atoms with E-state index in [-0.39, 0.29) is 0 Å². The van der Waals surface area contributed by atoms with E-state index in [0.717, 1.165) is 12.1 Å². The van der Waals surface area contributed by atoms with Crippen LogP contribution in [0.1, 0.15) is 19.3 Å². The van der Waals surface area contributed by atoms with Crippen LogP contribution in [0.3, 0.4) is 0 Å². The van der Waals surface area contributed by atoms with Crippen molar-refractivity contribution < 1.29 is 0 Å². The molecule has 0 aromatic heterocycles. The second kappa shape index (κ2) is 2.27. The molecule has 2 unspecified atom stereocenters. The van der Waals surface area contributed by atoms with Gasteiger partial charge in [-0.05, 0) is 25.8 Å². The first-order chi connectivity index (χ1) is 4.47. The number of rotatable bonds is 0. The van der Waals surface area contributed by atoms with Gasteiger partial charge in [0.15, 0.2) is 0 Å². The van der Waals surface area contributed by atoms with Gasteiger partial charge in [0.25, 0.3) is 0 Å². The van der Waals surface area contributed by atoms with Gasteiger partial charge in [-0.1, -0.05) is 0 Å². The molecule has 2 nitrogen and oxygen atoms in total. The van der Waals surface area contributed by atoms with Crippen molar-refractivity contribution in [2.45, 2.75) is 31.3 Å². The first-order valence-electron chi connectivity index (χ1n) is 3.78. The van der Waals surface area contributed by atoms with Crippen LogP contribution in [0, 0.1) is 6.54 Å². The van der Waals surface area contributed by atoms with Crippen LogP contribution in [0.15, 0.2) is 0 Å². The predicted molar refractivity (Wildman–Crippen MR) is 36.9 cm³/mol. The van der Waals surface area contributed by atoms with Crippen molar-refractivity contribution in [3.8, 4) is 0 Å². The Kier molecular flexibility index (Phi) is 1.44. The van der Waals surface area contributed by atoms with Crippen molar-refractivity contribution in [3.63, 3.8) is 0 Å². The normalized spacial score (nSPS) is 42.7. The Morgan fingerprint density at radius 1 is 1.33 bits per heavy atom. The lowest BCUT2D eigenvalue weighted by Crippen LogP contribution is -2.44. The highest BCUT2D eigenvalue weighted by Crippen LogP contribution is 2.17.